The molecular formula is C15H17ClN2O2S. The number of rotatable bonds is 6. The zero-order valence-electron chi connectivity index (χ0n) is 11.7. The minimum Gasteiger partial charge on any atom is -0.283 e. The summed E-state index contributed by atoms with van der Waals surface area (Å²) in [6.45, 7) is 1.81. The van der Waals surface area contributed by atoms with Gasteiger partial charge >= 0.3 is 0 Å². The third kappa shape index (κ3) is 4.72. The van der Waals surface area contributed by atoms with Crippen LogP contribution in [0, 0.1) is 0 Å². The van der Waals surface area contributed by atoms with Crippen molar-refractivity contribution in [1.82, 2.24) is 4.98 Å². The molecular weight excluding hydrogens is 308 g/mol. The molecule has 1 N–H and O–H groups in total. The normalized spacial score (nSPS) is 12.9. The van der Waals surface area contributed by atoms with Gasteiger partial charge in [-0.1, -0.05) is 24.3 Å². The minimum atomic E-state index is -3.44. The lowest BCUT2D eigenvalue weighted by molar-refractivity contribution is 0.600. The predicted molar refractivity (Wildman–Crippen MR) is 86.1 cm³/mol. The van der Waals surface area contributed by atoms with Crippen LogP contribution in [0.25, 0.3) is 0 Å². The molecule has 1 atom stereocenters. The van der Waals surface area contributed by atoms with E-state index >= 15 is 0 Å². The Bertz CT molecular complexity index is 688. The van der Waals surface area contributed by atoms with E-state index in [0.717, 1.165) is 11.3 Å². The highest BCUT2D eigenvalue weighted by molar-refractivity contribution is 7.92. The first-order valence-corrected chi connectivity index (χ1v) is 8.70. The molecule has 1 heterocycles. The summed E-state index contributed by atoms with van der Waals surface area (Å²) in [5, 5.41) is -0.264. The second-order valence-electron chi connectivity index (χ2n) is 4.70. The van der Waals surface area contributed by atoms with Crippen molar-refractivity contribution in [2.75, 3.05) is 10.5 Å². The average Bonchev–Trinajstić information content (AvgIpc) is 2.46. The zero-order chi connectivity index (χ0) is 15.3. The number of nitrogens with one attached hydrogen (secondary N) is 1. The second-order valence-corrected chi connectivity index (χ2v) is 7.19. The Morgan fingerprint density at radius 3 is 2.57 bits per heavy atom. The van der Waals surface area contributed by atoms with Crippen LogP contribution in [0.4, 0.5) is 5.69 Å². The van der Waals surface area contributed by atoms with Crippen molar-refractivity contribution in [3.05, 3.63) is 59.9 Å². The monoisotopic (exact) mass is 324 g/mol. The molecule has 0 aliphatic carbocycles. The molecule has 0 aliphatic heterocycles. The van der Waals surface area contributed by atoms with Crippen LogP contribution in [0.15, 0.2) is 48.7 Å². The third-order valence-corrected chi connectivity index (χ3v) is 4.52. The number of benzene rings is 1. The number of aryl methyl sites for hydroxylation is 1. The van der Waals surface area contributed by atoms with Crippen LogP contribution in [0.3, 0.4) is 0 Å². The van der Waals surface area contributed by atoms with Crippen LogP contribution >= 0.6 is 11.6 Å². The summed E-state index contributed by atoms with van der Waals surface area (Å²) in [7, 11) is -3.44. The zero-order valence-corrected chi connectivity index (χ0v) is 13.2. The van der Waals surface area contributed by atoms with Crippen molar-refractivity contribution in [2.45, 2.75) is 18.7 Å². The Morgan fingerprint density at radius 1 is 1.19 bits per heavy atom. The van der Waals surface area contributed by atoms with Crippen LogP contribution < -0.4 is 4.72 Å². The molecule has 1 aromatic heterocycles. The summed E-state index contributed by atoms with van der Waals surface area (Å²) >= 11 is 6.07. The fraction of sp³-hybridized carbons (Fsp3) is 0.267. The van der Waals surface area contributed by atoms with Crippen molar-refractivity contribution in [2.24, 2.45) is 0 Å². The molecule has 112 valence electrons. The lowest BCUT2D eigenvalue weighted by Gasteiger charge is -2.13. The van der Waals surface area contributed by atoms with E-state index < -0.39 is 10.0 Å². The topological polar surface area (TPSA) is 59.1 Å². The number of sulfonamides is 1. The Labute approximate surface area is 130 Å². The summed E-state index contributed by atoms with van der Waals surface area (Å²) in [6, 6.07) is 12.6. The Balaban J connectivity index is 2.08. The Kier molecular flexibility index (Phi) is 5.20. The number of aromatic nitrogens is 1. The van der Waals surface area contributed by atoms with Crippen LogP contribution in [-0.2, 0) is 16.4 Å². The number of para-hydroxylation sites is 1. The molecule has 0 saturated carbocycles. The molecule has 0 amide bonds. The quantitative estimate of drug-likeness (QED) is 0.829. The molecule has 0 saturated heterocycles. The van der Waals surface area contributed by atoms with Gasteiger partial charge in [0.05, 0.1) is 16.8 Å². The number of pyridine rings is 1. The first-order valence-electron chi connectivity index (χ1n) is 6.61. The number of alkyl halides is 1. The van der Waals surface area contributed by atoms with Gasteiger partial charge in [-0.25, -0.2) is 8.42 Å². The molecule has 0 bridgehead atoms. The molecule has 4 nitrogen and oxygen atoms in total. The Morgan fingerprint density at radius 2 is 1.90 bits per heavy atom. The summed E-state index contributed by atoms with van der Waals surface area (Å²) < 4.78 is 26.9. The predicted octanol–water partition coefficient (Wildman–Crippen LogP) is 3.37. The molecule has 0 aliphatic rings. The van der Waals surface area contributed by atoms with Gasteiger partial charge < -0.3 is 0 Å². The van der Waals surface area contributed by atoms with Gasteiger partial charge in [-0.2, -0.15) is 0 Å². The van der Waals surface area contributed by atoms with Crippen LogP contribution in [0.1, 0.15) is 23.6 Å². The SMILES string of the molecule is CC(Cl)c1ccccc1NS(=O)(=O)CCc1ccccn1. The molecule has 1 unspecified atom stereocenters. The highest BCUT2D eigenvalue weighted by Gasteiger charge is 2.15. The van der Waals surface area contributed by atoms with Gasteiger partial charge in [0.2, 0.25) is 10.0 Å². The van der Waals surface area contributed by atoms with Gasteiger partial charge in [0.1, 0.15) is 0 Å². The molecule has 21 heavy (non-hydrogen) atoms. The second kappa shape index (κ2) is 6.91. The van der Waals surface area contributed by atoms with Gasteiger partial charge in [-0.3, -0.25) is 9.71 Å². The molecule has 0 radical (unpaired) electrons. The van der Waals surface area contributed by atoms with Gasteiger partial charge in [-0.05, 0) is 30.7 Å². The molecule has 0 spiro atoms. The number of hydrogen-bond acceptors (Lipinski definition) is 3. The summed E-state index contributed by atoms with van der Waals surface area (Å²) in [5.74, 6) is -0.0188. The van der Waals surface area contributed by atoms with Gasteiger partial charge in [0, 0.05) is 18.3 Å². The van der Waals surface area contributed by atoms with Gasteiger partial charge in [0.15, 0.2) is 0 Å². The van der Waals surface area contributed by atoms with E-state index in [1.54, 1.807) is 24.4 Å². The maximum atomic E-state index is 12.2. The molecule has 2 rings (SSSR count). The van der Waals surface area contributed by atoms with E-state index in [4.69, 9.17) is 11.6 Å². The lowest BCUT2D eigenvalue weighted by atomic mass is 10.1. The van der Waals surface area contributed by atoms with Crippen molar-refractivity contribution in [3.63, 3.8) is 0 Å². The fourth-order valence-electron chi connectivity index (χ4n) is 1.94. The van der Waals surface area contributed by atoms with Gasteiger partial charge in [-0.15, -0.1) is 11.6 Å². The van der Waals surface area contributed by atoms with E-state index in [0.29, 0.717) is 12.1 Å². The Hall–Kier alpha value is -1.59. The number of halogens is 1. The molecule has 6 heteroatoms. The first kappa shape index (κ1) is 15.8. The standard InChI is InChI=1S/C15H17ClN2O2S/c1-12(16)14-7-2-3-8-15(14)18-21(19,20)11-9-13-6-4-5-10-17-13/h2-8,10,12,18H,9,11H2,1H3. The first-order chi connectivity index (χ1) is 9.98. The molecule has 1 aromatic carbocycles. The van der Waals surface area contributed by atoms with Gasteiger partial charge in [0.25, 0.3) is 0 Å². The maximum Gasteiger partial charge on any atom is 0.233 e. The largest absolute Gasteiger partial charge is 0.283 e. The van der Waals surface area contributed by atoms with E-state index in [1.807, 2.05) is 31.2 Å². The van der Waals surface area contributed by atoms with E-state index in [1.165, 1.54) is 0 Å². The fourth-order valence-corrected chi connectivity index (χ4v) is 3.23. The average molecular weight is 325 g/mol. The number of anilines is 1. The summed E-state index contributed by atoms with van der Waals surface area (Å²) in [5.41, 5.74) is 2.04. The minimum absolute atomic E-state index is 0.0188. The van der Waals surface area contributed by atoms with Crippen molar-refractivity contribution in [3.8, 4) is 0 Å². The van der Waals surface area contributed by atoms with E-state index in [-0.39, 0.29) is 11.1 Å². The van der Waals surface area contributed by atoms with E-state index in [9.17, 15) is 8.42 Å². The highest BCUT2D eigenvalue weighted by atomic mass is 35.5. The highest BCUT2D eigenvalue weighted by Crippen LogP contribution is 2.27. The third-order valence-electron chi connectivity index (χ3n) is 3.01. The van der Waals surface area contributed by atoms with Crippen molar-refractivity contribution in [1.29, 1.82) is 0 Å². The van der Waals surface area contributed by atoms with E-state index in [2.05, 4.69) is 9.71 Å². The maximum absolute atomic E-state index is 12.2. The molecule has 0 fully saturated rings. The van der Waals surface area contributed by atoms with Crippen LogP contribution in [-0.4, -0.2) is 19.2 Å². The summed E-state index contributed by atoms with van der Waals surface area (Å²) in [6.07, 6.45) is 2.02. The number of nitrogens with zero attached hydrogens (tertiary/aromatic N) is 1. The van der Waals surface area contributed by atoms with Crippen LogP contribution in [0.5, 0.6) is 0 Å². The smallest absolute Gasteiger partial charge is 0.233 e. The van der Waals surface area contributed by atoms with Crippen molar-refractivity contribution >= 4 is 27.3 Å². The van der Waals surface area contributed by atoms with Crippen molar-refractivity contribution < 1.29 is 8.42 Å². The lowest BCUT2D eigenvalue weighted by Crippen LogP contribution is -2.19. The van der Waals surface area contributed by atoms with Crippen LogP contribution in [0.2, 0.25) is 0 Å². The summed E-state index contributed by atoms with van der Waals surface area (Å²) in [4.78, 5) is 4.12. The molecule has 2 aromatic rings. The number of hydrogen-bond donors (Lipinski definition) is 1.